The number of hydrogen-bond donors (Lipinski definition) is 1. The Bertz CT molecular complexity index is 268. The third kappa shape index (κ3) is 4.91. The molecule has 1 fully saturated rings. The molecule has 1 rings (SSSR count). The summed E-state index contributed by atoms with van der Waals surface area (Å²) in [4.78, 5) is 2.57. The third-order valence-electron chi connectivity index (χ3n) is 3.75. The van der Waals surface area contributed by atoms with Crippen LogP contribution in [0, 0.1) is 11.3 Å². The molecular formula is C15H29ClN2. The van der Waals surface area contributed by atoms with Gasteiger partial charge in [0.25, 0.3) is 0 Å². The first kappa shape index (κ1) is 16.0. The zero-order valence-electron chi connectivity index (χ0n) is 12.5. The molecule has 0 amide bonds. The number of hydrogen-bond acceptors (Lipinski definition) is 2. The van der Waals surface area contributed by atoms with Gasteiger partial charge in [0.1, 0.15) is 0 Å². The van der Waals surface area contributed by atoms with Crippen molar-refractivity contribution in [1.82, 2.24) is 10.2 Å². The van der Waals surface area contributed by atoms with Crippen LogP contribution in [0.3, 0.4) is 0 Å². The van der Waals surface area contributed by atoms with Gasteiger partial charge in [0.15, 0.2) is 0 Å². The van der Waals surface area contributed by atoms with Gasteiger partial charge in [-0.1, -0.05) is 52.3 Å². The van der Waals surface area contributed by atoms with Crippen molar-refractivity contribution in [2.75, 3.05) is 19.6 Å². The van der Waals surface area contributed by atoms with Crippen LogP contribution in [0.2, 0.25) is 0 Å². The number of piperazine rings is 1. The van der Waals surface area contributed by atoms with E-state index in [4.69, 9.17) is 11.6 Å². The summed E-state index contributed by atoms with van der Waals surface area (Å²) in [6, 6.07) is 1.20. The minimum Gasteiger partial charge on any atom is -0.311 e. The molecular weight excluding hydrogens is 244 g/mol. The van der Waals surface area contributed by atoms with Crippen molar-refractivity contribution in [3.05, 3.63) is 11.6 Å². The molecule has 0 saturated carbocycles. The lowest BCUT2D eigenvalue weighted by Crippen LogP contribution is -2.60. The Kier molecular flexibility index (Phi) is 6.16. The molecule has 0 aromatic heterocycles. The van der Waals surface area contributed by atoms with E-state index >= 15 is 0 Å². The molecule has 0 aromatic rings. The van der Waals surface area contributed by atoms with E-state index in [0.717, 1.165) is 25.6 Å². The Labute approximate surface area is 118 Å². The van der Waals surface area contributed by atoms with Crippen LogP contribution in [-0.2, 0) is 0 Å². The first-order valence-electron chi connectivity index (χ1n) is 7.07. The maximum Gasteiger partial charge on any atom is 0.0244 e. The van der Waals surface area contributed by atoms with Crippen LogP contribution in [-0.4, -0.2) is 36.6 Å². The van der Waals surface area contributed by atoms with Gasteiger partial charge >= 0.3 is 0 Å². The number of nitrogens with zero attached hydrogens (tertiary/aromatic N) is 1. The Hall–Kier alpha value is -0.0500. The quantitative estimate of drug-likeness (QED) is 0.843. The molecule has 2 unspecified atom stereocenters. The fourth-order valence-corrected chi connectivity index (χ4v) is 2.69. The SMILES string of the molecule is CC(C)CC1CNC(C(C)(C)C)CN1C/C=C/Cl. The highest BCUT2D eigenvalue weighted by Gasteiger charge is 2.33. The van der Waals surface area contributed by atoms with E-state index in [1.807, 2.05) is 0 Å². The van der Waals surface area contributed by atoms with Gasteiger partial charge in [-0.15, -0.1) is 0 Å². The van der Waals surface area contributed by atoms with E-state index in [-0.39, 0.29) is 0 Å². The molecule has 2 nitrogen and oxygen atoms in total. The summed E-state index contributed by atoms with van der Waals surface area (Å²) in [7, 11) is 0. The Morgan fingerprint density at radius 1 is 1.39 bits per heavy atom. The molecule has 0 aliphatic carbocycles. The zero-order valence-corrected chi connectivity index (χ0v) is 13.3. The first-order chi connectivity index (χ1) is 8.34. The van der Waals surface area contributed by atoms with E-state index < -0.39 is 0 Å². The summed E-state index contributed by atoms with van der Waals surface area (Å²) in [5, 5.41) is 3.72. The highest BCUT2D eigenvalue weighted by atomic mass is 35.5. The van der Waals surface area contributed by atoms with Crippen LogP contribution in [0.5, 0.6) is 0 Å². The fraction of sp³-hybridized carbons (Fsp3) is 0.867. The lowest BCUT2D eigenvalue weighted by Gasteiger charge is -2.45. The van der Waals surface area contributed by atoms with Gasteiger partial charge in [0, 0.05) is 37.3 Å². The van der Waals surface area contributed by atoms with Crippen LogP contribution < -0.4 is 5.32 Å². The Morgan fingerprint density at radius 2 is 2.06 bits per heavy atom. The molecule has 1 N–H and O–H groups in total. The molecule has 1 heterocycles. The van der Waals surface area contributed by atoms with Gasteiger partial charge in [0.2, 0.25) is 0 Å². The average molecular weight is 273 g/mol. The van der Waals surface area contributed by atoms with Crippen LogP contribution in [0.1, 0.15) is 41.0 Å². The van der Waals surface area contributed by atoms with Gasteiger partial charge in [-0.25, -0.2) is 0 Å². The summed E-state index contributed by atoms with van der Waals surface area (Å²) >= 11 is 5.68. The molecule has 1 aliphatic rings. The zero-order chi connectivity index (χ0) is 13.8. The molecule has 0 aromatic carbocycles. The highest BCUT2D eigenvalue weighted by Crippen LogP contribution is 2.25. The second kappa shape index (κ2) is 6.93. The van der Waals surface area contributed by atoms with E-state index in [2.05, 4.69) is 50.9 Å². The second-order valence-electron chi connectivity index (χ2n) is 6.93. The maximum atomic E-state index is 5.68. The van der Waals surface area contributed by atoms with E-state index in [1.165, 1.54) is 6.42 Å². The minimum absolute atomic E-state index is 0.311. The van der Waals surface area contributed by atoms with Crippen LogP contribution in [0.15, 0.2) is 11.6 Å². The molecule has 3 heteroatoms. The fourth-order valence-electron chi connectivity index (χ4n) is 2.61. The molecule has 1 saturated heterocycles. The number of rotatable bonds is 4. The van der Waals surface area contributed by atoms with Crippen LogP contribution in [0.4, 0.5) is 0 Å². The standard InChI is InChI=1S/C15H29ClN2/c1-12(2)9-13-10-17-14(15(3,4)5)11-18(13)8-6-7-16/h6-7,12-14,17H,8-11H2,1-5H3/b7-6+. The summed E-state index contributed by atoms with van der Waals surface area (Å²) < 4.78 is 0. The smallest absolute Gasteiger partial charge is 0.0244 e. The highest BCUT2D eigenvalue weighted by molar-refractivity contribution is 6.25. The summed E-state index contributed by atoms with van der Waals surface area (Å²) in [5.74, 6) is 0.741. The van der Waals surface area contributed by atoms with E-state index in [9.17, 15) is 0 Å². The molecule has 18 heavy (non-hydrogen) atoms. The monoisotopic (exact) mass is 272 g/mol. The molecule has 2 atom stereocenters. The first-order valence-corrected chi connectivity index (χ1v) is 7.51. The van der Waals surface area contributed by atoms with Gasteiger partial charge in [0.05, 0.1) is 0 Å². The second-order valence-corrected chi connectivity index (χ2v) is 7.18. The predicted molar refractivity (Wildman–Crippen MR) is 81.1 cm³/mol. The lowest BCUT2D eigenvalue weighted by molar-refractivity contribution is 0.0850. The molecule has 106 valence electrons. The van der Waals surface area contributed by atoms with Gasteiger partial charge in [-0.05, 0) is 17.8 Å². The molecule has 0 radical (unpaired) electrons. The van der Waals surface area contributed by atoms with Crippen LogP contribution >= 0.6 is 11.6 Å². The summed E-state index contributed by atoms with van der Waals surface area (Å²) in [5.41, 5.74) is 1.95. The van der Waals surface area contributed by atoms with Gasteiger partial charge < -0.3 is 5.32 Å². The summed E-state index contributed by atoms with van der Waals surface area (Å²) in [6.07, 6.45) is 3.31. The van der Waals surface area contributed by atoms with Crippen molar-refractivity contribution >= 4 is 11.6 Å². The van der Waals surface area contributed by atoms with Crippen molar-refractivity contribution in [2.24, 2.45) is 11.3 Å². The normalized spacial score (nSPS) is 27.3. The van der Waals surface area contributed by atoms with Crippen LogP contribution in [0.25, 0.3) is 0 Å². The Morgan fingerprint density at radius 3 is 2.56 bits per heavy atom. The topological polar surface area (TPSA) is 15.3 Å². The molecule has 1 aliphatic heterocycles. The van der Waals surface area contributed by atoms with Crippen molar-refractivity contribution in [2.45, 2.75) is 53.1 Å². The number of halogens is 1. The predicted octanol–water partition coefficient (Wildman–Crippen LogP) is 3.47. The molecule has 0 bridgehead atoms. The minimum atomic E-state index is 0.311. The summed E-state index contributed by atoms with van der Waals surface area (Å²) in [6.45, 7) is 14.7. The van der Waals surface area contributed by atoms with E-state index in [1.54, 1.807) is 5.54 Å². The molecule has 0 spiro atoms. The number of nitrogens with one attached hydrogen (secondary N) is 1. The van der Waals surface area contributed by atoms with Crippen molar-refractivity contribution in [3.63, 3.8) is 0 Å². The van der Waals surface area contributed by atoms with Crippen molar-refractivity contribution in [1.29, 1.82) is 0 Å². The van der Waals surface area contributed by atoms with Gasteiger partial charge in [-0.2, -0.15) is 0 Å². The van der Waals surface area contributed by atoms with E-state index in [0.29, 0.717) is 17.5 Å². The van der Waals surface area contributed by atoms with Crippen molar-refractivity contribution < 1.29 is 0 Å². The largest absolute Gasteiger partial charge is 0.311 e. The Balaban J connectivity index is 2.66. The maximum absolute atomic E-state index is 5.68. The van der Waals surface area contributed by atoms with Gasteiger partial charge in [-0.3, -0.25) is 4.90 Å². The average Bonchev–Trinajstić information content (AvgIpc) is 2.25. The van der Waals surface area contributed by atoms with Crippen molar-refractivity contribution in [3.8, 4) is 0 Å². The third-order valence-corrected chi connectivity index (χ3v) is 3.93. The lowest BCUT2D eigenvalue weighted by atomic mass is 9.84.